The number of para-hydroxylation sites is 1. The first-order valence-corrected chi connectivity index (χ1v) is 11.7. The van der Waals surface area contributed by atoms with E-state index in [1.807, 2.05) is 48.2 Å². The third-order valence-corrected chi connectivity index (χ3v) is 6.85. The molecule has 0 radical (unpaired) electrons. The summed E-state index contributed by atoms with van der Waals surface area (Å²) in [5.41, 5.74) is 0.712. The van der Waals surface area contributed by atoms with Crippen molar-refractivity contribution in [3.63, 3.8) is 0 Å². The Kier molecular flexibility index (Phi) is 7.07. The number of hydrogen-bond acceptors (Lipinski definition) is 7. The number of nitrogens with zero attached hydrogens (tertiary/aromatic N) is 1. The van der Waals surface area contributed by atoms with Crippen molar-refractivity contribution in [3.05, 3.63) is 60.2 Å². The lowest BCUT2D eigenvalue weighted by atomic mass is 9.79. The van der Waals surface area contributed by atoms with Crippen molar-refractivity contribution in [3.8, 4) is 23.0 Å². The van der Waals surface area contributed by atoms with Gasteiger partial charge < -0.3 is 33.9 Å². The second kappa shape index (κ2) is 10.0. The summed E-state index contributed by atoms with van der Waals surface area (Å²) in [6.45, 7) is 6.12. The summed E-state index contributed by atoms with van der Waals surface area (Å²) in [6, 6.07) is 11.0. The van der Waals surface area contributed by atoms with E-state index in [-0.39, 0.29) is 6.61 Å². The summed E-state index contributed by atoms with van der Waals surface area (Å²) >= 11 is 5.76. The zero-order valence-corrected chi connectivity index (χ0v) is 21.1. The summed E-state index contributed by atoms with van der Waals surface area (Å²) in [5, 5.41) is 3.86. The van der Waals surface area contributed by atoms with E-state index in [1.54, 1.807) is 27.4 Å². The van der Waals surface area contributed by atoms with E-state index in [0.717, 1.165) is 11.1 Å². The van der Waals surface area contributed by atoms with Crippen LogP contribution in [0.15, 0.2) is 49.1 Å². The smallest absolute Gasteiger partial charge is 0.317 e. The first kappa shape index (κ1) is 24.7. The monoisotopic (exact) mass is 498 g/mol. The van der Waals surface area contributed by atoms with Crippen LogP contribution in [-0.2, 0) is 16.0 Å². The lowest BCUT2D eigenvalue weighted by Crippen LogP contribution is -2.71. The van der Waals surface area contributed by atoms with Crippen LogP contribution in [0.4, 0.5) is 0 Å². The number of nitrogens with one attached hydrogen (secondary N) is 1. The van der Waals surface area contributed by atoms with Crippen molar-refractivity contribution < 1.29 is 28.5 Å². The maximum absolute atomic E-state index is 13.3. The van der Waals surface area contributed by atoms with E-state index in [4.69, 9.17) is 35.9 Å². The van der Waals surface area contributed by atoms with Gasteiger partial charge in [-0.15, -0.1) is 0 Å². The Morgan fingerprint density at radius 3 is 2.60 bits per heavy atom. The largest absolute Gasteiger partial charge is 0.493 e. The van der Waals surface area contributed by atoms with Gasteiger partial charge >= 0.3 is 5.97 Å². The van der Waals surface area contributed by atoms with Crippen molar-refractivity contribution in [1.29, 1.82) is 0 Å². The van der Waals surface area contributed by atoms with Crippen molar-refractivity contribution in [2.75, 3.05) is 34.5 Å². The van der Waals surface area contributed by atoms with Crippen LogP contribution in [-0.4, -0.2) is 56.2 Å². The van der Waals surface area contributed by atoms with Crippen LogP contribution in [0.25, 0.3) is 0 Å². The van der Waals surface area contributed by atoms with E-state index in [0.29, 0.717) is 41.1 Å². The second-order valence-electron chi connectivity index (χ2n) is 8.45. The molecule has 0 saturated carbocycles. The molecule has 2 aromatic carbocycles. The molecule has 1 fully saturated rings. The number of carbonyl (C=O) groups is 1. The standard InChI is InChI=1S/C26H30N2O6S/c1-6-14-33-24(29)21-22-17-8-7-9-19(31-4)23(17)34-26(21,2)28(25(35)27-22)13-12-16-10-11-18(30-3)20(15-16)32-5/h6-11,15,21-22H,1,12-14H2,2-5H3,(H,27,35)/t21-,22+,26+/m1/s1. The van der Waals surface area contributed by atoms with Crippen molar-refractivity contribution in [2.45, 2.75) is 25.1 Å². The van der Waals surface area contributed by atoms with Gasteiger partial charge in [0.15, 0.2) is 33.8 Å². The van der Waals surface area contributed by atoms with E-state index in [9.17, 15) is 4.79 Å². The molecule has 2 heterocycles. The van der Waals surface area contributed by atoms with E-state index >= 15 is 0 Å². The van der Waals surface area contributed by atoms with Crippen LogP contribution in [0.1, 0.15) is 24.1 Å². The number of rotatable bonds is 9. The third kappa shape index (κ3) is 4.36. The fourth-order valence-corrected chi connectivity index (χ4v) is 5.19. The minimum atomic E-state index is -1.11. The molecule has 2 aromatic rings. The molecule has 0 spiro atoms. The molecule has 0 amide bonds. The third-order valence-electron chi connectivity index (χ3n) is 6.51. The first-order chi connectivity index (χ1) is 16.9. The molecule has 2 aliphatic rings. The fourth-order valence-electron chi connectivity index (χ4n) is 4.79. The van der Waals surface area contributed by atoms with E-state index in [1.165, 1.54) is 0 Å². The van der Waals surface area contributed by atoms with E-state index in [2.05, 4.69) is 11.9 Å². The Balaban J connectivity index is 1.70. The molecule has 0 aromatic heterocycles. The first-order valence-electron chi connectivity index (χ1n) is 11.3. The van der Waals surface area contributed by atoms with Gasteiger partial charge in [-0.3, -0.25) is 4.79 Å². The van der Waals surface area contributed by atoms with Crippen LogP contribution in [0.3, 0.4) is 0 Å². The number of fused-ring (bicyclic) bond motifs is 4. The second-order valence-corrected chi connectivity index (χ2v) is 8.84. The molecule has 35 heavy (non-hydrogen) atoms. The molecule has 4 rings (SSSR count). The average molecular weight is 499 g/mol. The Hall–Kier alpha value is -3.46. The number of benzene rings is 2. The zero-order valence-electron chi connectivity index (χ0n) is 20.3. The number of carbonyl (C=O) groups excluding carboxylic acids is 1. The van der Waals surface area contributed by atoms with Gasteiger partial charge in [-0.1, -0.05) is 30.9 Å². The molecular formula is C26H30N2O6S. The predicted molar refractivity (Wildman–Crippen MR) is 135 cm³/mol. The summed E-state index contributed by atoms with van der Waals surface area (Å²) in [5.74, 6) is 1.41. The minimum Gasteiger partial charge on any atom is -0.493 e. The van der Waals surface area contributed by atoms with Crippen molar-refractivity contribution in [2.24, 2.45) is 5.92 Å². The Morgan fingerprint density at radius 1 is 1.17 bits per heavy atom. The highest BCUT2D eigenvalue weighted by atomic mass is 32.1. The highest BCUT2D eigenvalue weighted by Crippen LogP contribution is 2.51. The molecule has 1 N–H and O–H groups in total. The highest BCUT2D eigenvalue weighted by molar-refractivity contribution is 7.80. The number of methoxy groups -OCH3 is 3. The number of esters is 1. The van der Waals surface area contributed by atoms with Crippen LogP contribution < -0.4 is 24.3 Å². The van der Waals surface area contributed by atoms with Crippen LogP contribution in [0.2, 0.25) is 0 Å². The summed E-state index contributed by atoms with van der Waals surface area (Å²) in [7, 11) is 4.80. The van der Waals surface area contributed by atoms with Gasteiger partial charge in [-0.25, -0.2) is 0 Å². The van der Waals surface area contributed by atoms with Gasteiger partial charge in [0.05, 0.1) is 27.4 Å². The summed E-state index contributed by atoms with van der Waals surface area (Å²) < 4.78 is 28.4. The zero-order chi connectivity index (χ0) is 25.2. The van der Waals surface area contributed by atoms with Gasteiger partial charge in [0, 0.05) is 12.1 Å². The lowest BCUT2D eigenvalue weighted by molar-refractivity contribution is -0.174. The molecule has 186 valence electrons. The van der Waals surface area contributed by atoms with Crippen molar-refractivity contribution >= 4 is 23.3 Å². The van der Waals surface area contributed by atoms with Crippen molar-refractivity contribution in [1.82, 2.24) is 10.2 Å². The molecule has 8 nitrogen and oxygen atoms in total. The van der Waals surface area contributed by atoms with Gasteiger partial charge in [0.1, 0.15) is 12.5 Å². The molecule has 0 unspecified atom stereocenters. The van der Waals surface area contributed by atoms with Gasteiger partial charge in [0.2, 0.25) is 0 Å². The molecule has 2 bridgehead atoms. The molecule has 9 heteroatoms. The number of thiocarbonyl (C=S) groups is 1. The average Bonchev–Trinajstić information content (AvgIpc) is 2.86. The van der Waals surface area contributed by atoms with E-state index < -0.39 is 23.7 Å². The number of ether oxygens (including phenoxy) is 5. The molecular weight excluding hydrogens is 468 g/mol. The number of hydrogen-bond donors (Lipinski definition) is 1. The normalized spacial score (nSPS) is 22.3. The Morgan fingerprint density at radius 2 is 1.91 bits per heavy atom. The maximum atomic E-state index is 13.3. The molecule has 1 saturated heterocycles. The van der Waals surface area contributed by atoms with Gasteiger partial charge in [-0.2, -0.15) is 0 Å². The minimum absolute atomic E-state index is 0.110. The maximum Gasteiger partial charge on any atom is 0.317 e. The van der Waals surface area contributed by atoms with Gasteiger partial charge in [-0.05, 0) is 49.3 Å². The van der Waals surface area contributed by atoms with Crippen LogP contribution in [0.5, 0.6) is 23.0 Å². The molecule has 0 aliphatic carbocycles. The van der Waals surface area contributed by atoms with Crippen LogP contribution >= 0.6 is 12.2 Å². The fraction of sp³-hybridized carbons (Fsp3) is 0.385. The SMILES string of the molecule is C=CCOC(=O)[C@H]1[C@H]2NC(=S)N(CCc3ccc(OC)c(OC)c3)[C@@]1(C)Oc1c(OC)cccc12. The van der Waals surface area contributed by atoms with Crippen LogP contribution in [0, 0.1) is 5.92 Å². The Labute approximate surface area is 210 Å². The summed E-state index contributed by atoms with van der Waals surface area (Å²) in [4.78, 5) is 15.2. The molecule has 3 atom stereocenters. The lowest BCUT2D eigenvalue weighted by Gasteiger charge is -2.55. The van der Waals surface area contributed by atoms with Gasteiger partial charge in [0.25, 0.3) is 0 Å². The summed E-state index contributed by atoms with van der Waals surface area (Å²) in [6.07, 6.45) is 2.17. The predicted octanol–water partition coefficient (Wildman–Crippen LogP) is 3.64. The highest BCUT2D eigenvalue weighted by Gasteiger charge is 2.59. The Bertz CT molecular complexity index is 1140. The quantitative estimate of drug-likeness (QED) is 0.317. The topological polar surface area (TPSA) is 78.5 Å². The molecule has 2 aliphatic heterocycles.